The monoisotopic (exact) mass is 311 g/mol. The Balaban J connectivity index is 1.47. The van der Waals surface area contributed by atoms with Gasteiger partial charge in [0.15, 0.2) is 5.60 Å². The molecular formula is C14H21N3O5. The molecule has 122 valence electrons. The molecule has 3 aliphatic rings. The lowest BCUT2D eigenvalue weighted by atomic mass is 9.89. The number of carbonyl (C=O) groups is 2. The molecule has 3 rings (SSSR count). The Labute approximate surface area is 128 Å². The third-order valence-corrected chi connectivity index (χ3v) is 4.53. The maximum atomic E-state index is 11.7. The van der Waals surface area contributed by atoms with Crippen molar-refractivity contribution in [3.63, 3.8) is 0 Å². The molecule has 2 fully saturated rings. The molecule has 0 unspecified atom stereocenters. The minimum absolute atomic E-state index is 0.0284. The van der Waals surface area contributed by atoms with Crippen LogP contribution in [0.15, 0.2) is 5.16 Å². The van der Waals surface area contributed by atoms with Crippen molar-refractivity contribution in [2.24, 2.45) is 11.1 Å². The second-order valence-electron chi connectivity index (χ2n) is 6.11. The summed E-state index contributed by atoms with van der Waals surface area (Å²) in [6.45, 7) is 4.48. The first-order valence-electron chi connectivity index (χ1n) is 7.67. The van der Waals surface area contributed by atoms with Gasteiger partial charge >= 0.3 is 12.1 Å². The van der Waals surface area contributed by atoms with Crippen molar-refractivity contribution in [2.75, 3.05) is 32.8 Å². The van der Waals surface area contributed by atoms with Crippen molar-refractivity contribution in [1.82, 2.24) is 9.80 Å². The third kappa shape index (κ3) is 2.69. The zero-order chi connectivity index (χ0) is 15.7. The van der Waals surface area contributed by atoms with Gasteiger partial charge in [-0.2, -0.15) is 0 Å². The number of oxime groups is 1. The minimum atomic E-state index is -0.919. The smallest absolute Gasteiger partial charge is 0.407 e. The largest absolute Gasteiger partial charge is 0.466 e. The summed E-state index contributed by atoms with van der Waals surface area (Å²) >= 11 is 0. The van der Waals surface area contributed by atoms with Gasteiger partial charge in [0.05, 0.1) is 32.0 Å². The number of hydrogen-bond acceptors (Lipinski definition) is 6. The zero-order valence-corrected chi connectivity index (χ0v) is 12.7. The first-order chi connectivity index (χ1) is 10.5. The number of carboxylic acid groups (broad SMARTS) is 1. The highest BCUT2D eigenvalue weighted by Crippen LogP contribution is 2.35. The fourth-order valence-electron chi connectivity index (χ4n) is 3.26. The van der Waals surface area contributed by atoms with Crippen molar-refractivity contribution < 1.29 is 24.3 Å². The Hall–Kier alpha value is -1.99. The number of amides is 1. The molecule has 2 saturated heterocycles. The topological polar surface area (TPSA) is 91.7 Å². The van der Waals surface area contributed by atoms with E-state index < -0.39 is 11.7 Å². The highest BCUT2D eigenvalue weighted by atomic mass is 16.7. The summed E-state index contributed by atoms with van der Waals surface area (Å²) in [6.07, 6.45) is 1.23. The summed E-state index contributed by atoms with van der Waals surface area (Å²) in [4.78, 5) is 31.5. The molecular weight excluding hydrogens is 290 g/mol. The number of hydrogen-bond donors (Lipinski definition) is 1. The van der Waals surface area contributed by atoms with Crippen LogP contribution in [0.25, 0.3) is 0 Å². The van der Waals surface area contributed by atoms with Crippen molar-refractivity contribution in [3.8, 4) is 0 Å². The second kappa shape index (κ2) is 5.66. The molecule has 0 saturated carbocycles. The van der Waals surface area contributed by atoms with Crippen LogP contribution in [0.3, 0.4) is 0 Å². The Bertz CT molecular complexity index is 493. The number of ether oxygens (including phenoxy) is 1. The van der Waals surface area contributed by atoms with E-state index in [1.165, 1.54) is 4.90 Å². The lowest BCUT2D eigenvalue weighted by molar-refractivity contribution is -0.149. The lowest BCUT2D eigenvalue weighted by Crippen LogP contribution is -2.63. The number of piperidine rings is 1. The zero-order valence-electron chi connectivity index (χ0n) is 12.7. The van der Waals surface area contributed by atoms with Gasteiger partial charge in [-0.05, 0) is 19.8 Å². The fourth-order valence-corrected chi connectivity index (χ4v) is 3.26. The maximum absolute atomic E-state index is 11.7. The van der Waals surface area contributed by atoms with Gasteiger partial charge in [-0.1, -0.05) is 5.16 Å². The third-order valence-electron chi connectivity index (χ3n) is 4.53. The molecule has 1 spiro atoms. The van der Waals surface area contributed by atoms with E-state index in [0.29, 0.717) is 26.1 Å². The highest BCUT2D eigenvalue weighted by molar-refractivity contribution is 5.85. The minimum Gasteiger partial charge on any atom is -0.466 e. The summed E-state index contributed by atoms with van der Waals surface area (Å²) in [6, 6.07) is 0. The van der Waals surface area contributed by atoms with Crippen LogP contribution >= 0.6 is 0 Å². The van der Waals surface area contributed by atoms with Crippen LogP contribution < -0.4 is 0 Å². The molecule has 3 aliphatic heterocycles. The van der Waals surface area contributed by atoms with Crippen molar-refractivity contribution in [3.05, 3.63) is 0 Å². The molecule has 0 aromatic carbocycles. The second-order valence-corrected chi connectivity index (χ2v) is 6.11. The van der Waals surface area contributed by atoms with Crippen LogP contribution in [0.1, 0.15) is 26.2 Å². The van der Waals surface area contributed by atoms with Gasteiger partial charge in [0.2, 0.25) is 0 Å². The Morgan fingerprint density at radius 3 is 2.68 bits per heavy atom. The van der Waals surface area contributed by atoms with Gasteiger partial charge in [0.1, 0.15) is 5.84 Å². The molecule has 22 heavy (non-hydrogen) atoms. The SMILES string of the molecule is CCOC(=O)C1CCN(C2=NOC3(C2)CN(C(=O)O)C3)CC1. The van der Waals surface area contributed by atoms with Crippen LogP contribution in [0, 0.1) is 5.92 Å². The van der Waals surface area contributed by atoms with Crippen molar-refractivity contribution in [1.29, 1.82) is 0 Å². The van der Waals surface area contributed by atoms with E-state index in [-0.39, 0.29) is 11.9 Å². The molecule has 0 aromatic heterocycles. The van der Waals surface area contributed by atoms with Gasteiger partial charge in [0, 0.05) is 13.1 Å². The summed E-state index contributed by atoms with van der Waals surface area (Å²) in [5.74, 6) is 0.728. The highest BCUT2D eigenvalue weighted by Gasteiger charge is 2.52. The standard InChI is InChI=1S/C14H21N3O5/c1-2-21-12(18)10-3-5-16(6-4-10)11-7-14(22-15-11)8-17(9-14)13(19)20/h10H,2-9H2,1H3,(H,19,20). The van der Waals surface area contributed by atoms with Crippen molar-refractivity contribution in [2.45, 2.75) is 31.8 Å². The lowest BCUT2D eigenvalue weighted by Gasteiger charge is -2.43. The first kappa shape index (κ1) is 14.9. The quantitative estimate of drug-likeness (QED) is 0.756. The van der Waals surface area contributed by atoms with Crippen LogP contribution in [-0.2, 0) is 14.4 Å². The van der Waals surface area contributed by atoms with Gasteiger partial charge in [-0.15, -0.1) is 0 Å². The molecule has 3 heterocycles. The van der Waals surface area contributed by atoms with Crippen LogP contribution in [0.5, 0.6) is 0 Å². The van der Waals surface area contributed by atoms with Crippen LogP contribution in [0.2, 0.25) is 0 Å². The molecule has 0 atom stereocenters. The van der Waals surface area contributed by atoms with Gasteiger partial charge in [-0.25, -0.2) is 4.79 Å². The first-order valence-corrected chi connectivity index (χ1v) is 7.67. The molecule has 0 aromatic rings. The van der Waals surface area contributed by atoms with Gasteiger partial charge in [-0.3, -0.25) is 9.69 Å². The van der Waals surface area contributed by atoms with Crippen LogP contribution in [-0.4, -0.2) is 71.2 Å². The van der Waals surface area contributed by atoms with E-state index in [1.807, 2.05) is 6.92 Å². The Morgan fingerprint density at radius 2 is 2.09 bits per heavy atom. The number of carbonyl (C=O) groups excluding carboxylic acids is 1. The number of likely N-dealkylation sites (tertiary alicyclic amines) is 2. The van der Waals surface area contributed by atoms with Gasteiger partial charge in [0.25, 0.3) is 0 Å². The summed E-state index contributed by atoms with van der Waals surface area (Å²) in [5, 5.41) is 13.0. The van der Waals surface area contributed by atoms with Gasteiger partial charge < -0.3 is 19.6 Å². The Kier molecular flexibility index (Phi) is 3.84. The molecule has 8 heteroatoms. The fraction of sp³-hybridized carbons (Fsp3) is 0.786. The predicted molar refractivity (Wildman–Crippen MR) is 76.4 cm³/mol. The normalized spacial score (nSPS) is 23.8. The summed E-state index contributed by atoms with van der Waals surface area (Å²) in [7, 11) is 0. The van der Waals surface area contributed by atoms with Crippen LogP contribution in [0.4, 0.5) is 4.79 Å². The van der Waals surface area contributed by atoms with E-state index in [9.17, 15) is 9.59 Å². The van der Waals surface area contributed by atoms with Crippen molar-refractivity contribution >= 4 is 17.9 Å². The molecule has 0 radical (unpaired) electrons. The van der Waals surface area contributed by atoms with E-state index in [1.54, 1.807) is 0 Å². The number of esters is 1. The van der Waals surface area contributed by atoms with E-state index in [4.69, 9.17) is 14.7 Å². The molecule has 1 amide bonds. The number of amidine groups is 1. The van der Waals surface area contributed by atoms with E-state index >= 15 is 0 Å². The van der Waals surface area contributed by atoms with E-state index in [2.05, 4.69) is 10.1 Å². The number of nitrogens with zero attached hydrogens (tertiary/aromatic N) is 3. The molecule has 8 nitrogen and oxygen atoms in total. The maximum Gasteiger partial charge on any atom is 0.407 e. The summed E-state index contributed by atoms with van der Waals surface area (Å²) < 4.78 is 5.06. The molecule has 0 aliphatic carbocycles. The molecule has 0 bridgehead atoms. The average Bonchev–Trinajstić information content (AvgIpc) is 2.91. The Morgan fingerprint density at radius 1 is 1.41 bits per heavy atom. The number of rotatable bonds is 2. The van der Waals surface area contributed by atoms with E-state index in [0.717, 1.165) is 31.8 Å². The molecule has 1 N–H and O–H groups in total. The summed E-state index contributed by atoms with van der Waals surface area (Å²) in [5.41, 5.74) is -0.467. The predicted octanol–water partition coefficient (Wildman–Crippen LogP) is 0.728. The average molecular weight is 311 g/mol.